The molecule has 28 heavy (non-hydrogen) atoms. The van der Waals surface area contributed by atoms with Gasteiger partial charge in [-0.3, -0.25) is 4.79 Å². The van der Waals surface area contributed by atoms with Gasteiger partial charge in [-0.25, -0.2) is 0 Å². The molecule has 0 saturated carbocycles. The maximum Gasteiger partial charge on any atom is 0.200 e. The van der Waals surface area contributed by atoms with Gasteiger partial charge in [0.25, 0.3) is 0 Å². The monoisotopic (exact) mass is 384 g/mol. The van der Waals surface area contributed by atoms with Gasteiger partial charge in [0.05, 0.1) is 21.3 Å². The second-order valence-electron chi connectivity index (χ2n) is 5.96. The fourth-order valence-corrected chi connectivity index (χ4v) is 2.57. The Labute approximate surface area is 164 Å². The van der Waals surface area contributed by atoms with Crippen LogP contribution in [-0.4, -0.2) is 37.3 Å². The summed E-state index contributed by atoms with van der Waals surface area (Å²) in [5.74, 6) is 1.01. The van der Waals surface area contributed by atoms with Crippen molar-refractivity contribution < 1.29 is 29.2 Å². The zero-order valence-electron chi connectivity index (χ0n) is 16.1. The topological polar surface area (TPSA) is 85.2 Å². The number of allylic oxidation sites excluding steroid dienone is 3. The van der Waals surface area contributed by atoms with E-state index >= 15 is 0 Å². The maximum atomic E-state index is 12.0. The van der Waals surface area contributed by atoms with Crippen LogP contribution in [0.4, 0.5) is 0 Å². The summed E-state index contributed by atoms with van der Waals surface area (Å²) in [5.41, 5.74) is 1.68. The van der Waals surface area contributed by atoms with Crippen LogP contribution in [0, 0.1) is 0 Å². The molecule has 6 nitrogen and oxygen atoms in total. The van der Waals surface area contributed by atoms with E-state index in [1.165, 1.54) is 27.4 Å². The molecule has 2 aromatic rings. The molecule has 0 unspecified atom stereocenters. The van der Waals surface area contributed by atoms with Gasteiger partial charge in [0, 0.05) is 6.42 Å². The van der Waals surface area contributed by atoms with E-state index in [0.717, 1.165) is 11.1 Å². The summed E-state index contributed by atoms with van der Waals surface area (Å²) in [6.07, 6.45) is 7.56. The van der Waals surface area contributed by atoms with Gasteiger partial charge in [0.2, 0.25) is 5.75 Å². The van der Waals surface area contributed by atoms with Crippen molar-refractivity contribution in [3.05, 3.63) is 59.7 Å². The third-order valence-electron chi connectivity index (χ3n) is 4.09. The predicted molar refractivity (Wildman–Crippen MR) is 107 cm³/mol. The van der Waals surface area contributed by atoms with Crippen LogP contribution in [0.3, 0.4) is 0 Å². The first-order valence-corrected chi connectivity index (χ1v) is 8.67. The molecule has 2 aromatic carbocycles. The van der Waals surface area contributed by atoms with Crippen molar-refractivity contribution >= 4 is 11.9 Å². The summed E-state index contributed by atoms with van der Waals surface area (Å²) < 4.78 is 15.3. The molecule has 0 aliphatic rings. The van der Waals surface area contributed by atoms with Gasteiger partial charge in [0.1, 0.15) is 0 Å². The zero-order valence-corrected chi connectivity index (χ0v) is 16.1. The Kier molecular flexibility index (Phi) is 7.51. The van der Waals surface area contributed by atoms with E-state index in [1.54, 1.807) is 48.6 Å². The van der Waals surface area contributed by atoms with E-state index in [9.17, 15) is 15.0 Å². The van der Waals surface area contributed by atoms with Crippen LogP contribution in [0.2, 0.25) is 0 Å². The van der Waals surface area contributed by atoms with Gasteiger partial charge in [0.15, 0.2) is 28.8 Å². The Balaban J connectivity index is 1.94. The molecular formula is C22H24O6. The molecule has 0 aromatic heterocycles. The lowest BCUT2D eigenvalue weighted by atomic mass is 10.1. The van der Waals surface area contributed by atoms with E-state index in [0.29, 0.717) is 30.1 Å². The maximum absolute atomic E-state index is 12.0. The SMILES string of the molecule is COc1cc(CCC(=O)C=CC=Cc2cc(OC)c(O)c(OC)c2)ccc1O. The van der Waals surface area contributed by atoms with Crippen LogP contribution in [0.15, 0.2) is 48.6 Å². The van der Waals surface area contributed by atoms with E-state index < -0.39 is 0 Å². The lowest BCUT2D eigenvalue weighted by molar-refractivity contribution is -0.114. The van der Waals surface area contributed by atoms with Gasteiger partial charge in [-0.2, -0.15) is 0 Å². The molecule has 6 heteroatoms. The number of aromatic hydroxyl groups is 2. The number of phenols is 2. The highest BCUT2D eigenvalue weighted by molar-refractivity contribution is 5.90. The number of ketones is 1. The van der Waals surface area contributed by atoms with Gasteiger partial charge in [-0.1, -0.05) is 24.3 Å². The summed E-state index contributed by atoms with van der Waals surface area (Å²) in [6, 6.07) is 8.38. The lowest BCUT2D eigenvalue weighted by Gasteiger charge is -2.09. The number of rotatable bonds is 9. The number of aryl methyl sites for hydroxylation is 1. The first-order chi connectivity index (χ1) is 13.5. The average molecular weight is 384 g/mol. The Morgan fingerprint density at radius 1 is 0.929 bits per heavy atom. The highest BCUT2D eigenvalue weighted by Gasteiger charge is 2.09. The fraction of sp³-hybridized carbons (Fsp3) is 0.227. The number of carbonyl (C=O) groups excluding carboxylic acids is 1. The van der Waals surface area contributed by atoms with Crippen molar-refractivity contribution in [2.24, 2.45) is 0 Å². The summed E-state index contributed by atoms with van der Waals surface area (Å²) >= 11 is 0. The minimum Gasteiger partial charge on any atom is -0.504 e. The van der Waals surface area contributed by atoms with Crippen LogP contribution in [0.25, 0.3) is 6.08 Å². The van der Waals surface area contributed by atoms with Crippen molar-refractivity contribution in [3.8, 4) is 28.7 Å². The first-order valence-electron chi connectivity index (χ1n) is 8.67. The first kappa shape index (κ1) is 20.9. The van der Waals surface area contributed by atoms with Crippen LogP contribution < -0.4 is 14.2 Å². The third-order valence-corrected chi connectivity index (χ3v) is 4.09. The molecule has 0 aliphatic heterocycles. The summed E-state index contributed by atoms with van der Waals surface area (Å²) in [5, 5.41) is 19.5. The van der Waals surface area contributed by atoms with Gasteiger partial charge < -0.3 is 24.4 Å². The molecule has 0 radical (unpaired) electrons. The molecule has 2 rings (SSSR count). The predicted octanol–water partition coefficient (Wildman–Crippen LogP) is 3.89. The average Bonchev–Trinajstić information content (AvgIpc) is 2.71. The number of hydrogen-bond donors (Lipinski definition) is 2. The van der Waals surface area contributed by atoms with Crippen LogP contribution in [0.5, 0.6) is 28.7 Å². The Hall–Kier alpha value is -3.41. The Morgan fingerprint density at radius 2 is 1.57 bits per heavy atom. The molecule has 148 valence electrons. The molecule has 0 aliphatic carbocycles. The minimum absolute atomic E-state index is 0.0161. The fourth-order valence-electron chi connectivity index (χ4n) is 2.57. The summed E-state index contributed by atoms with van der Waals surface area (Å²) in [6.45, 7) is 0. The van der Waals surface area contributed by atoms with Crippen molar-refractivity contribution in [3.63, 3.8) is 0 Å². The van der Waals surface area contributed by atoms with Crippen molar-refractivity contribution in [1.29, 1.82) is 0 Å². The number of carbonyl (C=O) groups is 1. The van der Waals surface area contributed by atoms with Crippen LogP contribution in [-0.2, 0) is 11.2 Å². The zero-order chi connectivity index (χ0) is 20.5. The smallest absolute Gasteiger partial charge is 0.200 e. The Bertz CT molecular complexity index is 858. The van der Waals surface area contributed by atoms with Crippen molar-refractivity contribution in [2.45, 2.75) is 12.8 Å². The van der Waals surface area contributed by atoms with E-state index in [4.69, 9.17) is 14.2 Å². The van der Waals surface area contributed by atoms with Gasteiger partial charge in [-0.15, -0.1) is 0 Å². The molecule has 0 heterocycles. The Morgan fingerprint density at radius 3 is 2.18 bits per heavy atom. The molecular weight excluding hydrogens is 360 g/mol. The highest BCUT2D eigenvalue weighted by Crippen LogP contribution is 2.37. The molecule has 2 N–H and O–H groups in total. The second-order valence-corrected chi connectivity index (χ2v) is 5.96. The van der Waals surface area contributed by atoms with Crippen LogP contribution >= 0.6 is 0 Å². The number of hydrogen-bond acceptors (Lipinski definition) is 6. The number of phenolic OH excluding ortho intramolecular Hbond substituents is 2. The lowest BCUT2D eigenvalue weighted by Crippen LogP contribution is -1.96. The van der Waals surface area contributed by atoms with Crippen LogP contribution in [0.1, 0.15) is 17.5 Å². The number of benzene rings is 2. The summed E-state index contributed by atoms with van der Waals surface area (Å²) in [7, 11) is 4.41. The highest BCUT2D eigenvalue weighted by atomic mass is 16.5. The minimum atomic E-state index is -0.0567. The third kappa shape index (κ3) is 5.54. The summed E-state index contributed by atoms with van der Waals surface area (Å²) in [4.78, 5) is 12.0. The molecule has 0 atom stereocenters. The molecule has 0 amide bonds. The number of methoxy groups -OCH3 is 3. The van der Waals surface area contributed by atoms with Crippen molar-refractivity contribution in [1.82, 2.24) is 0 Å². The standard InChI is InChI=1S/C22H24O6/c1-26-19-12-15(9-11-18(19)24)8-10-17(23)7-5-4-6-16-13-20(27-2)22(25)21(14-16)28-3/h4-7,9,11-14,24-25H,8,10H2,1-3H3. The van der Waals surface area contributed by atoms with E-state index in [-0.39, 0.29) is 17.3 Å². The molecule has 0 fully saturated rings. The van der Waals surface area contributed by atoms with E-state index in [2.05, 4.69) is 0 Å². The molecule has 0 saturated heterocycles. The van der Waals surface area contributed by atoms with Gasteiger partial charge >= 0.3 is 0 Å². The molecule has 0 spiro atoms. The second kappa shape index (κ2) is 10.1. The molecule has 0 bridgehead atoms. The van der Waals surface area contributed by atoms with E-state index in [1.807, 2.05) is 0 Å². The van der Waals surface area contributed by atoms with Crippen molar-refractivity contribution in [2.75, 3.05) is 21.3 Å². The number of ether oxygens (including phenoxy) is 3. The quantitative estimate of drug-likeness (QED) is 0.504. The normalized spacial score (nSPS) is 11.1. The van der Waals surface area contributed by atoms with Gasteiger partial charge in [-0.05, 0) is 47.9 Å². The largest absolute Gasteiger partial charge is 0.504 e.